The Labute approximate surface area is 167 Å². The summed E-state index contributed by atoms with van der Waals surface area (Å²) >= 11 is 0.846. The Bertz CT molecular complexity index is 759. The number of hydrogen-bond donors (Lipinski definition) is 1. The average Bonchev–Trinajstić information content (AvgIpc) is 2.97. The summed E-state index contributed by atoms with van der Waals surface area (Å²) in [5.74, 6) is -0.843. The zero-order valence-corrected chi connectivity index (χ0v) is 16.5. The van der Waals surface area contributed by atoms with Crippen molar-refractivity contribution in [3.63, 3.8) is 0 Å². The van der Waals surface area contributed by atoms with Crippen LogP contribution in [0.3, 0.4) is 0 Å². The number of nitrogens with one attached hydrogen (secondary N) is 1. The zero-order chi connectivity index (χ0) is 19.9. The molecule has 1 aromatic rings. The smallest absolute Gasteiger partial charge is 0.294 e. The highest BCUT2D eigenvalue weighted by molar-refractivity contribution is 8.18. The second kappa shape index (κ2) is 9.72. The molecular formula is C19H23N3O5S. The Hall–Kier alpha value is -2.36. The van der Waals surface area contributed by atoms with Gasteiger partial charge in [-0.3, -0.25) is 19.3 Å². The first kappa shape index (κ1) is 20.4. The quantitative estimate of drug-likeness (QED) is 0.541. The molecule has 3 amide bonds. The van der Waals surface area contributed by atoms with Crippen molar-refractivity contribution in [2.24, 2.45) is 0 Å². The molecule has 1 N–H and O–H groups in total. The Morgan fingerprint density at radius 1 is 1.25 bits per heavy atom. The number of methoxy groups -OCH3 is 1. The molecule has 0 atom stereocenters. The minimum Gasteiger partial charge on any atom is -0.383 e. The molecule has 9 heteroatoms. The number of imide groups is 1. The molecule has 8 nitrogen and oxygen atoms in total. The number of ether oxygens (including phenoxy) is 2. The molecule has 0 spiro atoms. The maximum absolute atomic E-state index is 12.5. The third kappa shape index (κ3) is 5.12. The van der Waals surface area contributed by atoms with Gasteiger partial charge in [-0.1, -0.05) is 12.1 Å². The molecule has 150 valence electrons. The molecule has 28 heavy (non-hydrogen) atoms. The molecule has 2 aliphatic rings. The molecule has 2 heterocycles. The monoisotopic (exact) mass is 405 g/mol. The average molecular weight is 405 g/mol. The normalized spacial score (nSPS) is 18.8. The van der Waals surface area contributed by atoms with Gasteiger partial charge in [-0.2, -0.15) is 0 Å². The molecule has 0 unspecified atom stereocenters. The highest BCUT2D eigenvalue weighted by Gasteiger charge is 2.36. The van der Waals surface area contributed by atoms with Gasteiger partial charge in [0.25, 0.3) is 11.1 Å². The van der Waals surface area contributed by atoms with Gasteiger partial charge < -0.3 is 19.7 Å². The van der Waals surface area contributed by atoms with E-state index in [-0.39, 0.29) is 6.54 Å². The standard InChI is InChI=1S/C19H23N3O5S/c1-26-9-6-20-17(23)13-22-18(24)16(28-19(22)25)12-14-2-4-15(5-3-14)21-7-10-27-11-8-21/h2-5,12H,6-11,13H2,1H3,(H,20,23)/b16-12-. The van der Waals surface area contributed by atoms with Gasteiger partial charge in [-0.25, -0.2) is 0 Å². The number of carbonyl (C=O) groups excluding carboxylic acids is 3. The van der Waals surface area contributed by atoms with Crippen LogP contribution in [0.4, 0.5) is 10.5 Å². The molecule has 3 rings (SSSR count). The van der Waals surface area contributed by atoms with Crippen molar-refractivity contribution in [2.45, 2.75) is 0 Å². The van der Waals surface area contributed by atoms with E-state index in [2.05, 4.69) is 10.2 Å². The summed E-state index contributed by atoms with van der Waals surface area (Å²) in [6, 6.07) is 7.81. The summed E-state index contributed by atoms with van der Waals surface area (Å²) in [6.45, 7) is 3.55. The second-order valence-electron chi connectivity index (χ2n) is 6.30. The lowest BCUT2D eigenvalue weighted by Gasteiger charge is -2.28. The molecule has 2 saturated heterocycles. The van der Waals surface area contributed by atoms with Crippen LogP contribution in [0.15, 0.2) is 29.2 Å². The van der Waals surface area contributed by atoms with Crippen LogP contribution in [0.2, 0.25) is 0 Å². The molecule has 2 aliphatic heterocycles. The van der Waals surface area contributed by atoms with Crippen LogP contribution in [0, 0.1) is 0 Å². The minimum atomic E-state index is -0.450. The number of anilines is 1. The Kier molecular flexibility index (Phi) is 7.07. The third-order valence-corrected chi connectivity index (χ3v) is 5.28. The molecule has 0 aliphatic carbocycles. The number of morpholine rings is 1. The predicted molar refractivity (Wildman–Crippen MR) is 107 cm³/mol. The van der Waals surface area contributed by atoms with Gasteiger partial charge in [0.15, 0.2) is 0 Å². The number of hydrogen-bond acceptors (Lipinski definition) is 7. The van der Waals surface area contributed by atoms with Crippen molar-refractivity contribution in [1.29, 1.82) is 0 Å². The van der Waals surface area contributed by atoms with Gasteiger partial charge in [-0.15, -0.1) is 0 Å². The van der Waals surface area contributed by atoms with E-state index in [0.717, 1.165) is 41.0 Å². The first-order valence-corrected chi connectivity index (χ1v) is 9.84. The van der Waals surface area contributed by atoms with Gasteiger partial charge >= 0.3 is 0 Å². The van der Waals surface area contributed by atoms with Crippen LogP contribution < -0.4 is 10.2 Å². The van der Waals surface area contributed by atoms with E-state index in [4.69, 9.17) is 9.47 Å². The zero-order valence-electron chi connectivity index (χ0n) is 15.7. The second-order valence-corrected chi connectivity index (χ2v) is 7.29. The van der Waals surface area contributed by atoms with Crippen LogP contribution >= 0.6 is 11.8 Å². The van der Waals surface area contributed by atoms with E-state index in [1.165, 1.54) is 7.11 Å². The fourth-order valence-electron chi connectivity index (χ4n) is 2.88. The van der Waals surface area contributed by atoms with Gasteiger partial charge in [0.1, 0.15) is 6.54 Å². The summed E-state index contributed by atoms with van der Waals surface area (Å²) in [7, 11) is 1.53. The number of carbonyl (C=O) groups is 3. The van der Waals surface area contributed by atoms with Gasteiger partial charge in [0.05, 0.1) is 24.7 Å². The summed E-state index contributed by atoms with van der Waals surface area (Å²) in [5.41, 5.74) is 1.92. The molecule has 1 aromatic carbocycles. The van der Waals surface area contributed by atoms with E-state index in [1.807, 2.05) is 24.3 Å². The largest absolute Gasteiger partial charge is 0.383 e. The van der Waals surface area contributed by atoms with Gasteiger partial charge in [-0.05, 0) is 35.5 Å². The van der Waals surface area contributed by atoms with Crippen molar-refractivity contribution < 1.29 is 23.9 Å². The van der Waals surface area contributed by atoms with E-state index >= 15 is 0 Å². The van der Waals surface area contributed by atoms with Crippen molar-refractivity contribution in [1.82, 2.24) is 10.2 Å². The molecule has 0 radical (unpaired) electrons. The fourth-order valence-corrected chi connectivity index (χ4v) is 3.72. The molecule has 0 saturated carbocycles. The number of rotatable bonds is 7. The first-order chi connectivity index (χ1) is 13.6. The number of amides is 3. The van der Waals surface area contributed by atoms with Crippen LogP contribution in [-0.4, -0.2) is 75.1 Å². The van der Waals surface area contributed by atoms with E-state index in [0.29, 0.717) is 31.3 Å². The Morgan fingerprint density at radius 2 is 1.96 bits per heavy atom. The highest BCUT2D eigenvalue weighted by Crippen LogP contribution is 2.32. The number of thioether (sulfide) groups is 1. The van der Waals surface area contributed by atoms with Crippen LogP contribution in [0.25, 0.3) is 6.08 Å². The summed E-state index contributed by atoms with van der Waals surface area (Å²) < 4.78 is 10.2. The van der Waals surface area contributed by atoms with Crippen molar-refractivity contribution in [3.05, 3.63) is 34.7 Å². The number of nitrogens with zero attached hydrogens (tertiary/aromatic N) is 2. The number of benzene rings is 1. The van der Waals surface area contributed by atoms with Crippen molar-refractivity contribution >= 4 is 40.6 Å². The van der Waals surface area contributed by atoms with E-state index in [9.17, 15) is 14.4 Å². The third-order valence-electron chi connectivity index (χ3n) is 4.37. The van der Waals surface area contributed by atoms with Crippen LogP contribution in [0.1, 0.15) is 5.56 Å². The molecule has 0 aromatic heterocycles. The first-order valence-electron chi connectivity index (χ1n) is 9.02. The van der Waals surface area contributed by atoms with Crippen molar-refractivity contribution in [3.8, 4) is 0 Å². The molecule has 0 bridgehead atoms. The maximum atomic E-state index is 12.5. The van der Waals surface area contributed by atoms with E-state index < -0.39 is 17.1 Å². The fraction of sp³-hybridized carbons (Fsp3) is 0.421. The summed E-state index contributed by atoms with van der Waals surface area (Å²) in [6.07, 6.45) is 1.68. The minimum absolute atomic E-state index is 0.290. The SMILES string of the molecule is COCCNC(=O)CN1C(=O)S/C(=C\c2ccc(N3CCOCC3)cc2)C1=O. The molecular weight excluding hydrogens is 382 g/mol. The van der Waals surface area contributed by atoms with Crippen LogP contribution in [0.5, 0.6) is 0 Å². The highest BCUT2D eigenvalue weighted by atomic mass is 32.2. The Morgan fingerprint density at radius 3 is 2.64 bits per heavy atom. The lowest BCUT2D eigenvalue weighted by molar-refractivity contribution is -0.129. The lowest BCUT2D eigenvalue weighted by Crippen LogP contribution is -2.40. The topological polar surface area (TPSA) is 88.2 Å². The summed E-state index contributed by atoms with van der Waals surface area (Å²) in [5, 5.41) is 2.16. The van der Waals surface area contributed by atoms with Gasteiger partial charge in [0, 0.05) is 32.4 Å². The predicted octanol–water partition coefficient (Wildman–Crippen LogP) is 1.32. The van der Waals surface area contributed by atoms with Gasteiger partial charge in [0.2, 0.25) is 5.91 Å². The van der Waals surface area contributed by atoms with Crippen LogP contribution in [-0.2, 0) is 19.1 Å². The van der Waals surface area contributed by atoms with E-state index in [1.54, 1.807) is 6.08 Å². The Balaban J connectivity index is 1.61. The molecule has 2 fully saturated rings. The maximum Gasteiger partial charge on any atom is 0.294 e. The lowest BCUT2D eigenvalue weighted by atomic mass is 10.1. The van der Waals surface area contributed by atoms with Crippen molar-refractivity contribution in [2.75, 3.05) is 58.0 Å². The summed E-state index contributed by atoms with van der Waals surface area (Å²) in [4.78, 5) is 40.0.